The zero-order chi connectivity index (χ0) is 18.7. The maximum absolute atomic E-state index is 11.6. The molecule has 138 valence electrons. The lowest BCUT2D eigenvalue weighted by Gasteiger charge is -2.41. The molecule has 4 heteroatoms. The number of hydrogen-bond donors (Lipinski definition) is 1. The highest BCUT2D eigenvalue weighted by molar-refractivity contribution is 5.23. The minimum absolute atomic E-state index is 0.124. The maximum Gasteiger partial charge on any atom is 0.138 e. The summed E-state index contributed by atoms with van der Waals surface area (Å²) in [5, 5.41) is 15.9. The predicted molar refractivity (Wildman–Crippen MR) is 102 cm³/mol. The zero-order valence-electron chi connectivity index (χ0n) is 16.6. The van der Waals surface area contributed by atoms with E-state index in [4.69, 9.17) is 0 Å². The third kappa shape index (κ3) is 3.95. The highest BCUT2D eigenvalue weighted by atomic mass is 16.3. The Labute approximate surface area is 152 Å². The van der Waals surface area contributed by atoms with Crippen molar-refractivity contribution < 1.29 is 5.11 Å². The van der Waals surface area contributed by atoms with Gasteiger partial charge in [-0.15, -0.1) is 0 Å². The summed E-state index contributed by atoms with van der Waals surface area (Å²) in [5.74, 6) is 1.10. The van der Waals surface area contributed by atoms with Crippen molar-refractivity contribution in [1.29, 1.82) is 0 Å². The lowest BCUT2D eigenvalue weighted by Crippen LogP contribution is -2.49. The number of rotatable bonds is 4. The molecule has 1 heterocycles. The van der Waals surface area contributed by atoms with Gasteiger partial charge < -0.3 is 5.11 Å². The van der Waals surface area contributed by atoms with Gasteiger partial charge in [-0.25, -0.2) is 9.67 Å². The van der Waals surface area contributed by atoms with E-state index in [1.54, 1.807) is 6.33 Å². The lowest BCUT2D eigenvalue weighted by molar-refractivity contribution is -0.0910. The van der Waals surface area contributed by atoms with E-state index >= 15 is 0 Å². The van der Waals surface area contributed by atoms with Crippen molar-refractivity contribution in [1.82, 2.24) is 14.8 Å². The molecule has 1 saturated carbocycles. The topological polar surface area (TPSA) is 50.9 Å². The van der Waals surface area contributed by atoms with Gasteiger partial charge in [0.05, 0.1) is 12.1 Å². The largest absolute Gasteiger partial charge is 0.387 e. The van der Waals surface area contributed by atoms with Gasteiger partial charge in [-0.05, 0) is 50.0 Å². The van der Waals surface area contributed by atoms with E-state index in [-0.39, 0.29) is 11.3 Å². The Bertz CT molecular complexity index is 675. The van der Waals surface area contributed by atoms with Gasteiger partial charge in [-0.3, -0.25) is 0 Å². The third-order valence-electron chi connectivity index (χ3n) is 5.77. The van der Waals surface area contributed by atoms with Crippen LogP contribution in [-0.4, -0.2) is 25.5 Å². The van der Waals surface area contributed by atoms with Crippen molar-refractivity contribution in [3.05, 3.63) is 47.5 Å². The molecule has 1 aromatic heterocycles. The molecule has 1 aliphatic rings. The second-order valence-electron chi connectivity index (χ2n) is 7.70. The van der Waals surface area contributed by atoms with Crippen molar-refractivity contribution in [2.24, 2.45) is 11.3 Å². The van der Waals surface area contributed by atoms with Crippen molar-refractivity contribution in [3.63, 3.8) is 0 Å². The summed E-state index contributed by atoms with van der Waals surface area (Å²) < 4.78 is 1.84. The zero-order valence-corrected chi connectivity index (χ0v) is 16.6. The number of aryl methyl sites for hydroxylation is 2. The summed E-state index contributed by atoms with van der Waals surface area (Å²) in [4.78, 5) is 4.20. The number of aromatic nitrogens is 3. The molecule has 0 saturated heterocycles. The Kier molecular flexibility index (Phi) is 6.04. The van der Waals surface area contributed by atoms with Gasteiger partial charge in [0.25, 0.3) is 0 Å². The van der Waals surface area contributed by atoms with Crippen molar-refractivity contribution in [2.75, 3.05) is 0 Å². The van der Waals surface area contributed by atoms with E-state index in [2.05, 4.69) is 55.1 Å². The van der Waals surface area contributed by atoms with Gasteiger partial charge in [-0.2, -0.15) is 5.10 Å². The predicted octanol–water partition coefficient (Wildman–Crippen LogP) is 4.33. The van der Waals surface area contributed by atoms with Gasteiger partial charge in [0.2, 0.25) is 0 Å². The molecule has 25 heavy (non-hydrogen) atoms. The standard InChI is InChI=1S/C19H27N3O.C2H6/c1-14-5-7-16(8-6-14)11-17-9-10-18(3,4)19(17,23)12-22-15(2)20-13-21-22;1-2/h5-8,13,17,23H,9-12H2,1-4H3;1-2H3. The highest BCUT2D eigenvalue weighted by Gasteiger charge is 2.54. The van der Waals surface area contributed by atoms with E-state index in [0.29, 0.717) is 6.54 Å². The van der Waals surface area contributed by atoms with Crippen LogP contribution in [0.2, 0.25) is 0 Å². The molecule has 1 N–H and O–H groups in total. The van der Waals surface area contributed by atoms with E-state index < -0.39 is 5.60 Å². The van der Waals surface area contributed by atoms with Crippen LogP contribution < -0.4 is 0 Å². The van der Waals surface area contributed by atoms with Crippen molar-refractivity contribution >= 4 is 0 Å². The molecular weight excluding hydrogens is 310 g/mol. The molecule has 4 nitrogen and oxygen atoms in total. The summed E-state index contributed by atoms with van der Waals surface area (Å²) in [6.07, 6.45) is 4.56. The molecule has 3 rings (SSSR count). The molecule has 2 unspecified atom stereocenters. The average molecular weight is 344 g/mol. The minimum Gasteiger partial charge on any atom is -0.387 e. The molecule has 0 radical (unpaired) electrons. The second kappa shape index (κ2) is 7.69. The Morgan fingerprint density at radius 2 is 1.80 bits per heavy atom. The summed E-state index contributed by atoms with van der Waals surface area (Å²) in [7, 11) is 0. The molecule has 1 aromatic carbocycles. The van der Waals surface area contributed by atoms with Crippen molar-refractivity contribution in [3.8, 4) is 0 Å². The molecular formula is C21H33N3O. The average Bonchev–Trinajstić information content (AvgIpc) is 3.08. The SMILES string of the molecule is CC.Cc1ccc(CC2CCC(C)(C)C2(O)Cn2ncnc2C)cc1. The van der Waals surface area contributed by atoms with E-state index in [0.717, 1.165) is 25.1 Å². The van der Waals surface area contributed by atoms with Gasteiger partial charge in [0.15, 0.2) is 0 Å². The fourth-order valence-electron chi connectivity index (χ4n) is 3.87. The molecule has 2 aromatic rings. The Balaban J connectivity index is 0.00000109. The first kappa shape index (κ1) is 19.6. The molecule has 0 bridgehead atoms. The lowest BCUT2D eigenvalue weighted by atomic mass is 9.72. The van der Waals surface area contributed by atoms with E-state index in [9.17, 15) is 5.11 Å². The molecule has 0 amide bonds. The van der Waals surface area contributed by atoms with Crippen LogP contribution >= 0.6 is 0 Å². The Morgan fingerprint density at radius 3 is 2.36 bits per heavy atom. The smallest absolute Gasteiger partial charge is 0.138 e. The maximum atomic E-state index is 11.6. The van der Waals surface area contributed by atoms with Crippen LogP contribution in [0.5, 0.6) is 0 Å². The first-order chi connectivity index (χ1) is 11.8. The summed E-state index contributed by atoms with van der Waals surface area (Å²) in [5.41, 5.74) is 1.68. The Morgan fingerprint density at radius 1 is 1.16 bits per heavy atom. The van der Waals surface area contributed by atoms with Crippen LogP contribution in [0.25, 0.3) is 0 Å². The van der Waals surface area contributed by atoms with Gasteiger partial charge in [-0.1, -0.05) is 57.5 Å². The van der Waals surface area contributed by atoms with Crippen LogP contribution in [0.4, 0.5) is 0 Å². The highest BCUT2D eigenvalue weighted by Crippen LogP contribution is 2.51. The molecule has 1 aliphatic carbocycles. The van der Waals surface area contributed by atoms with Crippen LogP contribution in [0.15, 0.2) is 30.6 Å². The number of hydrogen-bond acceptors (Lipinski definition) is 3. The minimum atomic E-state index is -0.768. The van der Waals surface area contributed by atoms with Crippen LogP contribution in [0.1, 0.15) is 57.5 Å². The van der Waals surface area contributed by atoms with Crippen LogP contribution in [0.3, 0.4) is 0 Å². The number of aliphatic hydroxyl groups is 1. The fraction of sp³-hybridized carbons (Fsp3) is 0.619. The monoisotopic (exact) mass is 343 g/mol. The molecule has 0 spiro atoms. The first-order valence-electron chi connectivity index (χ1n) is 9.44. The van der Waals surface area contributed by atoms with Gasteiger partial charge in [0.1, 0.15) is 12.2 Å². The van der Waals surface area contributed by atoms with E-state index in [1.165, 1.54) is 11.1 Å². The van der Waals surface area contributed by atoms with Crippen LogP contribution in [-0.2, 0) is 13.0 Å². The van der Waals surface area contributed by atoms with E-state index in [1.807, 2.05) is 25.5 Å². The summed E-state index contributed by atoms with van der Waals surface area (Å²) in [6.45, 7) is 12.9. The van der Waals surface area contributed by atoms with Crippen molar-refractivity contribution in [2.45, 2.75) is 73.0 Å². The Hall–Kier alpha value is -1.68. The van der Waals surface area contributed by atoms with Gasteiger partial charge >= 0.3 is 0 Å². The molecule has 2 atom stereocenters. The number of benzene rings is 1. The van der Waals surface area contributed by atoms with Crippen LogP contribution in [0, 0.1) is 25.2 Å². The third-order valence-corrected chi connectivity index (χ3v) is 5.77. The summed E-state index contributed by atoms with van der Waals surface area (Å²) in [6, 6.07) is 8.66. The summed E-state index contributed by atoms with van der Waals surface area (Å²) >= 11 is 0. The second-order valence-corrected chi connectivity index (χ2v) is 7.70. The molecule has 1 fully saturated rings. The normalized spacial score (nSPS) is 24.7. The quantitative estimate of drug-likeness (QED) is 0.899. The van der Waals surface area contributed by atoms with Gasteiger partial charge in [0, 0.05) is 0 Å². The fourth-order valence-corrected chi connectivity index (χ4v) is 3.87. The molecule has 0 aliphatic heterocycles. The number of nitrogens with zero attached hydrogens (tertiary/aromatic N) is 3. The first-order valence-corrected chi connectivity index (χ1v) is 9.44.